The highest BCUT2D eigenvalue weighted by Gasteiger charge is 2.47. The number of hydrogen-bond donors (Lipinski definition) is 1. The number of halogens is 1. The normalized spacial score (nSPS) is 23.4. The third-order valence-corrected chi connectivity index (χ3v) is 4.61. The zero-order valence-electron chi connectivity index (χ0n) is 13.7. The Labute approximate surface area is 145 Å². The van der Waals surface area contributed by atoms with Crippen LogP contribution < -0.4 is 10.1 Å². The van der Waals surface area contributed by atoms with Crippen LogP contribution in [0.4, 0.5) is 15.3 Å². The number of carbonyl (C=O) groups is 2. The van der Waals surface area contributed by atoms with Crippen LogP contribution in [0, 0.1) is 0 Å². The van der Waals surface area contributed by atoms with Gasteiger partial charge in [0.1, 0.15) is 11.4 Å². The maximum atomic E-state index is 12.6. The summed E-state index contributed by atoms with van der Waals surface area (Å²) in [4.78, 5) is 27.5. The van der Waals surface area contributed by atoms with E-state index in [9.17, 15) is 9.59 Å². The van der Waals surface area contributed by atoms with Crippen molar-refractivity contribution < 1.29 is 19.1 Å². The van der Waals surface area contributed by atoms with Gasteiger partial charge in [-0.05, 0) is 31.0 Å². The maximum absolute atomic E-state index is 12.6. The lowest BCUT2D eigenvalue weighted by Crippen LogP contribution is -2.53. The lowest BCUT2D eigenvalue weighted by Gasteiger charge is -2.38. The van der Waals surface area contributed by atoms with Gasteiger partial charge in [-0.15, -0.1) is 0 Å². The predicted octanol–water partition coefficient (Wildman–Crippen LogP) is 2.80. The Morgan fingerprint density at radius 2 is 2.21 bits per heavy atom. The summed E-state index contributed by atoms with van der Waals surface area (Å²) in [5.41, 5.74) is -0.102. The average molecular weight is 354 g/mol. The summed E-state index contributed by atoms with van der Waals surface area (Å²) in [6.07, 6.45) is 1.20. The molecule has 0 radical (unpaired) electrons. The van der Waals surface area contributed by atoms with Gasteiger partial charge >= 0.3 is 12.1 Å². The minimum absolute atomic E-state index is 0.264. The van der Waals surface area contributed by atoms with Gasteiger partial charge in [0.15, 0.2) is 0 Å². The van der Waals surface area contributed by atoms with Crippen LogP contribution in [-0.2, 0) is 4.74 Å². The van der Waals surface area contributed by atoms with E-state index in [2.05, 4.69) is 5.32 Å². The molecular weight excluding hydrogens is 334 g/mol. The van der Waals surface area contributed by atoms with E-state index in [0.717, 1.165) is 12.8 Å². The van der Waals surface area contributed by atoms with Crippen molar-refractivity contribution in [1.82, 2.24) is 9.80 Å². The van der Waals surface area contributed by atoms with Crippen LogP contribution in [0.5, 0.6) is 5.75 Å². The number of benzene rings is 1. The predicted molar refractivity (Wildman–Crippen MR) is 89.7 cm³/mol. The molecule has 1 atom stereocenters. The highest BCUT2D eigenvalue weighted by molar-refractivity contribution is 6.31. The highest BCUT2D eigenvalue weighted by atomic mass is 35.5. The average Bonchev–Trinajstić information content (AvgIpc) is 2.81. The molecule has 3 amide bonds. The number of nitrogens with one attached hydrogen (secondary N) is 1. The number of likely N-dealkylation sites (N-methyl/N-ethyl adjacent to an activating group) is 1. The molecule has 0 aromatic heterocycles. The summed E-state index contributed by atoms with van der Waals surface area (Å²) < 4.78 is 10.8. The van der Waals surface area contributed by atoms with Crippen molar-refractivity contribution in [2.45, 2.75) is 18.4 Å². The van der Waals surface area contributed by atoms with Crippen LogP contribution in [0.2, 0.25) is 5.02 Å². The van der Waals surface area contributed by atoms with Gasteiger partial charge in [-0.1, -0.05) is 11.6 Å². The number of carbonyl (C=O) groups excluding carboxylic acids is 2. The molecule has 2 heterocycles. The van der Waals surface area contributed by atoms with Gasteiger partial charge in [0, 0.05) is 18.6 Å². The molecule has 8 heteroatoms. The van der Waals surface area contributed by atoms with Crippen LogP contribution in [0.15, 0.2) is 18.2 Å². The van der Waals surface area contributed by atoms with E-state index in [4.69, 9.17) is 21.1 Å². The van der Waals surface area contributed by atoms with E-state index in [0.29, 0.717) is 36.1 Å². The standard InChI is InChI=1S/C16H20ClN3O4/c1-19-9-16(24-15(19)22)6-3-7-20(10-16)14(21)18-12-8-11(17)4-5-13(12)23-2/h4-5,8H,3,6-7,9-10H2,1-2H3,(H,18,21)/t16-/m1/s1. The van der Waals surface area contributed by atoms with Crippen molar-refractivity contribution in [2.75, 3.05) is 39.1 Å². The van der Waals surface area contributed by atoms with Gasteiger partial charge in [0.25, 0.3) is 0 Å². The lowest BCUT2D eigenvalue weighted by molar-refractivity contribution is 0.00497. The first-order chi connectivity index (χ1) is 11.4. The van der Waals surface area contributed by atoms with Crippen LogP contribution in [-0.4, -0.2) is 61.3 Å². The van der Waals surface area contributed by atoms with Crippen LogP contribution >= 0.6 is 11.6 Å². The van der Waals surface area contributed by atoms with Gasteiger partial charge < -0.3 is 24.6 Å². The first-order valence-electron chi connectivity index (χ1n) is 7.76. The van der Waals surface area contributed by atoms with Crippen LogP contribution in [0.3, 0.4) is 0 Å². The van der Waals surface area contributed by atoms with Crippen molar-refractivity contribution >= 4 is 29.4 Å². The molecule has 0 unspecified atom stereocenters. The Morgan fingerprint density at radius 1 is 1.42 bits per heavy atom. The van der Waals surface area contributed by atoms with Crippen LogP contribution in [0.1, 0.15) is 12.8 Å². The quantitative estimate of drug-likeness (QED) is 0.887. The summed E-state index contributed by atoms with van der Waals surface area (Å²) in [5, 5.41) is 3.33. The summed E-state index contributed by atoms with van der Waals surface area (Å²) >= 11 is 5.99. The molecular formula is C16H20ClN3O4. The largest absolute Gasteiger partial charge is 0.495 e. The lowest BCUT2D eigenvalue weighted by atomic mass is 9.93. The van der Waals surface area contributed by atoms with E-state index in [1.165, 1.54) is 7.11 Å². The molecule has 1 N–H and O–H groups in total. The number of ether oxygens (including phenoxy) is 2. The summed E-state index contributed by atoms with van der Waals surface area (Å²) in [6.45, 7) is 1.48. The Hall–Kier alpha value is -2.15. The minimum Gasteiger partial charge on any atom is -0.495 e. The maximum Gasteiger partial charge on any atom is 0.410 e. The second kappa shape index (κ2) is 6.39. The first-order valence-corrected chi connectivity index (χ1v) is 8.14. The molecule has 0 bridgehead atoms. The molecule has 130 valence electrons. The van der Waals surface area contributed by atoms with Crippen molar-refractivity contribution in [3.63, 3.8) is 0 Å². The molecule has 1 aromatic carbocycles. The zero-order valence-corrected chi connectivity index (χ0v) is 14.4. The monoisotopic (exact) mass is 353 g/mol. The Bertz CT molecular complexity index is 669. The number of rotatable bonds is 2. The number of anilines is 1. The van der Waals surface area contributed by atoms with E-state index >= 15 is 0 Å². The molecule has 2 saturated heterocycles. The summed E-state index contributed by atoms with van der Waals surface area (Å²) in [5.74, 6) is 0.534. The van der Waals surface area contributed by atoms with Gasteiger partial charge in [0.2, 0.25) is 0 Å². The van der Waals surface area contributed by atoms with Gasteiger partial charge in [-0.3, -0.25) is 0 Å². The van der Waals surface area contributed by atoms with E-state index < -0.39 is 5.60 Å². The van der Waals surface area contributed by atoms with Crippen molar-refractivity contribution in [3.05, 3.63) is 23.2 Å². The smallest absolute Gasteiger partial charge is 0.410 e. The third kappa shape index (κ3) is 3.21. The molecule has 24 heavy (non-hydrogen) atoms. The number of amides is 3. The second-order valence-electron chi connectivity index (χ2n) is 6.21. The fourth-order valence-corrected chi connectivity index (χ4v) is 3.42. The molecule has 2 fully saturated rings. The molecule has 1 aromatic rings. The minimum atomic E-state index is -0.611. The Balaban J connectivity index is 1.72. The summed E-state index contributed by atoms with van der Waals surface area (Å²) in [7, 11) is 3.23. The molecule has 2 aliphatic rings. The first kappa shape index (κ1) is 16.7. The number of urea groups is 1. The fourth-order valence-electron chi connectivity index (χ4n) is 3.25. The van der Waals surface area contributed by atoms with Gasteiger partial charge in [0.05, 0.1) is 25.9 Å². The molecule has 3 rings (SSSR count). The Kier molecular flexibility index (Phi) is 4.45. The number of hydrogen-bond acceptors (Lipinski definition) is 4. The van der Waals surface area contributed by atoms with E-state index in [1.54, 1.807) is 35.0 Å². The number of methoxy groups -OCH3 is 1. The van der Waals surface area contributed by atoms with Crippen molar-refractivity contribution in [2.24, 2.45) is 0 Å². The Morgan fingerprint density at radius 3 is 2.88 bits per heavy atom. The van der Waals surface area contributed by atoms with Gasteiger partial charge in [-0.25, -0.2) is 9.59 Å². The zero-order chi connectivity index (χ0) is 17.3. The molecule has 1 spiro atoms. The molecule has 7 nitrogen and oxygen atoms in total. The van der Waals surface area contributed by atoms with E-state index in [-0.39, 0.29) is 12.1 Å². The second-order valence-corrected chi connectivity index (χ2v) is 6.64. The topological polar surface area (TPSA) is 71.1 Å². The third-order valence-electron chi connectivity index (χ3n) is 4.37. The SMILES string of the molecule is COc1ccc(Cl)cc1NC(=O)N1CCC[C@@]2(CN(C)C(=O)O2)C1. The van der Waals surface area contributed by atoms with Gasteiger partial charge in [-0.2, -0.15) is 0 Å². The van der Waals surface area contributed by atoms with Crippen molar-refractivity contribution in [1.29, 1.82) is 0 Å². The van der Waals surface area contributed by atoms with Crippen LogP contribution in [0.25, 0.3) is 0 Å². The number of nitrogens with zero attached hydrogens (tertiary/aromatic N) is 2. The summed E-state index contributed by atoms with van der Waals surface area (Å²) in [6, 6.07) is 4.77. The molecule has 2 aliphatic heterocycles. The number of piperidine rings is 1. The van der Waals surface area contributed by atoms with E-state index in [1.807, 2.05) is 0 Å². The fraction of sp³-hybridized carbons (Fsp3) is 0.500. The highest BCUT2D eigenvalue weighted by Crippen LogP contribution is 2.32. The number of likely N-dealkylation sites (tertiary alicyclic amines) is 1. The van der Waals surface area contributed by atoms with Crippen molar-refractivity contribution in [3.8, 4) is 5.75 Å². The molecule has 0 saturated carbocycles. The molecule has 0 aliphatic carbocycles.